The van der Waals surface area contributed by atoms with Crippen LogP contribution in [0, 0.1) is 12.7 Å². The van der Waals surface area contributed by atoms with E-state index in [4.69, 9.17) is 0 Å². The minimum Gasteiger partial charge on any atom is -0.325 e. The zero-order chi connectivity index (χ0) is 18.5. The highest BCUT2D eigenvalue weighted by Crippen LogP contribution is 2.27. The highest BCUT2D eigenvalue weighted by Gasteiger charge is 2.22. The molecule has 4 nitrogen and oxygen atoms in total. The molecule has 1 aliphatic rings. The number of nitrogens with zero attached hydrogens (tertiary/aromatic N) is 1. The van der Waals surface area contributed by atoms with Crippen molar-refractivity contribution in [2.75, 3.05) is 22.5 Å². The predicted octanol–water partition coefficient (Wildman–Crippen LogP) is 4.13. The number of hydrogen-bond acceptors (Lipinski definition) is 3. The second kappa shape index (κ2) is 8.36. The Balaban J connectivity index is 1.51. The molecule has 1 fully saturated rings. The van der Waals surface area contributed by atoms with Crippen LogP contribution in [0.15, 0.2) is 42.5 Å². The van der Waals surface area contributed by atoms with E-state index in [1.165, 1.54) is 23.9 Å². The normalized spacial score (nSPS) is 13.9. The molecule has 1 aliphatic heterocycles. The highest BCUT2D eigenvalue weighted by molar-refractivity contribution is 7.99. The summed E-state index contributed by atoms with van der Waals surface area (Å²) in [5.74, 6) is 0.792. The topological polar surface area (TPSA) is 49.4 Å². The number of amides is 2. The Morgan fingerprint density at radius 1 is 1.23 bits per heavy atom. The summed E-state index contributed by atoms with van der Waals surface area (Å²) in [6.07, 6.45) is 1.49. The number of carbonyl (C=O) groups is 2. The number of aryl methyl sites for hydroxylation is 1. The van der Waals surface area contributed by atoms with Gasteiger partial charge in [-0.05, 0) is 54.8 Å². The van der Waals surface area contributed by atoms with Gasteiger partial charge in [0.05, 0.1) is 5.75 Å². The first kappa shape index (κ1) is 18.5. The monoisotopic (exact) mass is 372 g/mol. The van der Waals surface area contributed by atoms with E-state index in [0.717, 1.165) is 35.5 Å². The quantitative estimate of drug-likeness (QED) is 0.829. The van der Waals surface area contributed by atoms with Gasteiger partial charge in [0.1, 0.15) is 5.82 Å². The van der Waals surface area contributed by atoms with Crippen molar-refractivity contribution in [3.05, 3.63) is 59.4 Å². The van der Waals surface area contributed by atoms with Crippen molar-refractivity contribution in [3.63, 3.8) is 0 Å². The Labute approximate surface area is 156 Å². The lowest BCUT2D eigenvalue weighted by atomic mass is 10.1. The molecule has 0 atom stereocenters. The molecule has 0 unspecified atom stereocenters. The van der Waals surface area contributed by atoms with Crippen molar-refractivity contribution in [1.29, 1.82) is 0 Å². The number of anilines is 2. The molecule has 2 amide bonds. The first-order valence-corrected chi connectivity index (χ1v) is 9.71. The summed E-state index contributed by atoms with van der Waals surface area (Å²) in [4.78, 5) is 25.8. The van der Waals surface area contributed by atoms with Crippen molar-refractivity contribution < 1.29 is 14.0 Å². The zero-order valence-electron chi connectivity index (χ0n) is 14.6. The third-order valence-corrected chi connectivity index (χ3v) is 5.26. The summed E-state index contributed by atoms with van der Waals surface area (Å²) in [5.41, 5.74) is 3.60. The maximum absolute atomic E-state index is 12.9. The third kappa shape index (κ3) is 4.64. The molecule has 1 N–H and O–H groups in total. The van der Waals surface area contributed by atoms with Crippen molar-refractivity contribution >= 4 is 35.0 Å². The molecule has 1 saturated heterocycles. The summed E-state index contributed by atoms with van der Waals surface area (Å²) in [6.45, 7) is 2.70. The van der Waals surface area contributed by atoms with E-state index in [2.05, 4.69) is 5.32 Å². The number of hydrogen-bond donors (Lipinski definition) is 1. The Hall–Kier alpha value is -2.34. The molecule has 26 heavy (non-hydrogen) atoms. The second-order valence-electron chi connectivity index (χ2n) is 6.32. The molecule has 2 aromatic carbocycles. The minimum atomic E-state index is -0.258. The Morgan fingerprint density at radius 2 is 2.00 bits per heavy atom. The van der Waals surface area contributed by atoms with Gasteiger partial charge in [-0.15, -0.1) is 11.8 Å². The van der Waals surface area contributed by atoms with Crippen LogP contribution in [0.5, 0.6) is 0 Å². The van der Waals surface area contributed by atoms with E-state index in [9.17, 15) is 14.0 Å². The van der Waals surface area contributed by atoms with E-state index in [1.54, 1.807) is 17.0 Å². The number of thioether (sulfide) groups is 1. The molecule has 0 bridgehead atoms. The molecule has 0 aliphatic carbocycles. The number of halogens is 1. The van der Waals surface area contributed by atoms with E-state index >= 15 is 0 Å². The molecule has 0 radical (unpaired) electrons. The maximum atomic E-state index is 12.9. The summed E-state index contributed by atoms with van der Waals surface area (Å²) >= 11 is 1.48. The van der Waals surface area contributed by atoms with Crippen molar-refractivity contribution in [1.82, 2.24) is 0 Å². The summed E-state index contributed by atoms with van der Waals surface area (Å²) < 4.78 is 12.9. The lowest BCUT2D eigenvalue weighted by molar-refractivity contribution is -0.117. The molecule has 2 aromatic rings. The fraction of sp³-hybridized carbons (Fsp3) is 0.300. The van der Waals surface area contributed by atoms with Crippen LogP contribution < -0.4 is 10.2 Å². The van der Waals surface area contributed by atoms with Gasteiger partial charge < -0.3 is 10.2 Å². The average molecular weight is 372 g/mol. The standard InChI is InChI=1S/C20H21FN2O2S/c1-14-11-17(8-9-18(14)23-10-2-3-20(23)25)22-19(24)13-26-12-15-4-6-16(21)7-5-15/h4-9,11H,2-3,10,12-13H2,1H3,(H,22,24). The lowest BCUT2D eigenvalue weighted by Crippen LogP contribution is -2.24. The third-order valence-electron chi connectivity index (χ3n) is 4.26. The molecule has 136 valence electrons. The minimum absolute atomic E-state index is 0.0819. The molecule has 0 aromatic heterocycles. The SMILES string of the molecule is Cc1cc(NC(=O)CSCc2ccc(F)cc2)ccc1N1CCCC1=O. The summed E-state index contributed by atoms with van der Waals surface area (Å²) in [7, 11) is 0. The van der Waals surface area contributed by atoms with Crippen LogP contribution in [0.2, 0.25) is 0 Å². The summed E-state index contributed by atoms with van der Waals surface area (Å²) in [6, 6.07) is 11.9. The van der Waals surface area contributed by atoms with Crippen LogP contribution >= 0.6 is 11.8 Å². The average Bonchev–Trinajstić information content (AvgIpc) is 3.03. The molecule has 3 rings (SSSR count). The number of benzene rings is 2. The molecule has 0 saturated carbocycles. The van der Waals surface area contributed by atoms with Gasteiger partial charge in [-0.1, -0.05) is 12.1 Å². The highest BCUT2D eigenvalue weighted by atomic mass is 32.2. The largest absolute Gasteiger partial charge is 0.325 e. The van der Waals surface area contributed by atoms with Crippen LogP contribution in [-0.2, 0) is 15.3 Å². The van der Waals surface area contributed by atoms with Gasteiger partial charge >= 0.3 is 0 Å². The van der Waals surface area contributed by atoms with E-state index in [1.807, 2.05) is 25.1 Å². The van der Waals surface area contributed by atoms with Crippen molar-refractivity contribution in [2.24, 2.45) is 0 Å². The van der Waals surface area contributed by atoms with Gasteiger partial charge in [0, 0.05) is 30.1 Å². The van der Waals surface area contributed by atoms with Crippen LogP contribution in [0.1, 0.15) is 24.0 Å². The molecule has 1 heterocycles. The fourth-order valence-corrected chi connectivity index (χ4v) is 3.77. The lowest BCUT2D eigenvalue weighted by Gasteiger charge is -2.19. The van der Waals surface area contributed by atoms with Crippen LogP contribution in [-0.4, -0.2) is 24.1 Å². The smallest absolute Gasteiger partial charge is 0.234 e. The number of carbonyl (C=O) groups excluding carboxylic acids is 2. The summed E-state index contributed by atoms with van der Waals surface area (Å²) in [5, 5.41) is 2.88. The Bertz CT molecular complexity index is 808. The van der Waals surface area contributed by atoms with Crippen molar-refractivity contribution in [2.45, 2.75) is 25.5 Å². The van der Waals surface area contributed by atoms with Gasteiger partial charge in [0.2, 0.25) is 11.8 Å². The van der Waals surface area contributed by atoms with E-state index in [-0.39, 0.29) is 17.6 Å². The van der Waals surface area contributed by atoms with E-state index < -0.39 is 0 Å². The Morgan fingerprint density at radius 3 is 2.65 bits per heavy atom. The number of nitrogens with one attached hydrogen (secondary N) is 1. The van der Waals surface area contributed by atoms with Gasteiger partial charge in [-0.2, -0.15) is 0 Å². The second-order valence-corrected chi connectivity index (χ2v) is 7.30. The first-order valence-electron chi connectivity index (χ1n) is 8.56. The molecular formula is C20H21FN2O2S. The molecular weight excluding hydrogens is 351 g/mol. The predicted molar refractivity (Wildman–Crippen MR) is 104 cm³/mol. The maximum Gasteiger partial charge on any atom is 0.234 e. The fourth-order valence-electron chi connectivity index (χ4n) is 2.98. The van der Waals surface area contributed by atoms with E-state index in [0.29, 0.717) is 17.9 Å². The van der Waals surface area contributed by atoms with Gasteiger partial charge in [0.15, 0.2) is 0 Å². The van der Waals surface area contributed by atoms with Crippen molar-refractivity contribution in [3.8, 4) is 0 Å². The van der Waals surface area contributed by atoms with Crippen LogP contribution in [0.4, 0.5) is 15.8 Å². The van der Waals surface area contributed by atoms with Gasteiger partial charge in [0.25, 0.3) is 0 Å². The Kier molecular flexibility index (Phi) is 5.93. The first-order chi connectivity index (χ1) is 12.5. The zero-order valence-corrected chi connectivity index (χ0v) is 15.4. The molecule has 6 heteroatoms. The molecule has 0 spiro atoms. The van der Waals surface area contributed by atoms with Gasteiger partial charge in [-0.3, -0.25) is 9.59 Å². The van der Waals surface area contributed by atoms with Crippen LogP contribution in [0.25, 0.3) is 0 Å². The van der Waals surface area contributed by atoms with Crippen LogP contribution in [0.3, 0.4) is 0 Å². The van der Waals surface area contributed by atoms with Gasteiger partial charge in [-0.25, -0.2) is 4.39 Å². The number of rotatable bonds is 6.